The van der Waals surface area contributed by atoms with Gasteiger partial charge < -0.3 is 20.4 Å². The zero-order chi connectivity index (χ0) is 19.1. The van der Waals surface area contributed by atoms with Crippen LogP contribution in [-0.4, -0.2) is 62.9 Å². The Hall–Kier alpha value is -2.12. The molecule has 8 heteroatoms. The number of nitrogens with one attached hydrogen (secondary N) is 2. The van der Waals surface area contributed by atoms with Gasteiger partial charge in [0.2, 0.25) is 11.8 Å². The van der Waals surface area contributed by atoms with Crippen LogP contribution in [0.2, 0.25) is 0 Å². The molecule has 0 saturated carbocycles. The fourth-order valence-electron chi connectivity index (χ4n) is 2.47. The van der Waals surface area contributed by atoms with Crippen molar-refractivity contribution in [2.45, 2.75) is 0 Å². The Bertz CT molecular complexity index is 682. The number of anilines is 2. The lowest BCUT2D eigenvalue weighted by atomic mass is 10.0. The SMILES string of the molecule is CN(C)CC(=O)Nc1ccc(-c2ccc(NC(=O)CN(C)C)cc2)cc1.Cl.Cl. The van der Waals surface area contributed by atoms with Gasteiger partial charge in [-0.1, -0.05) is 24.3 Å². The molecule has 2 rings (SSSR count). The van der Waals surface area contributed by atoms with E-state index in [1.54, 1.807) is 0 Å². The lowest BCUT2D eigenvalue weighted by Crippen LogP contribution is -2.27. The summed E-state index contributed by atoms with van der Waals surface area (Å²) in [6.45, 7) is 0.700. The van der Waals surface area contributed by atoms with Gasteiger partial charge in [0, 0.05) is 11.4 Å². The minimum absolute atomic E-state index is 0. The summed E-state index contributed by atoms with van der Waals surface area (Å²) in [6, 6.07) is 15.4. The van der Waals surface area contributed by atoms with Gasteiger partial charge in [0.25, 0.3) is 0 Å². The van der Waals surface area contributed by atoms with E-state index in [1.165, 1.54) is 0 Å². The number of carbonyl (C=O) groups excluding carboxylic acids is 2. The number of nitrogens with zero attached hydrogens (tertiary/aromatic N) is 2. The molecule has 0 fully saturated rings. The predicted octanol–water partition coefficient (Wildman–Crippen LogP) is 3.20. The molecular weight excluding hydrogens is 399 g/mol. The van der Waals surface area contributed by atoms with Crippen molar-refractivity contribution in [2.75, 3.05) is 51.9 Å². The van der Waals surface area contributed by atoms with E-state index in [0.29, 0.717) is 13.1 Å². The molecule has 2 aromatic carbocycles. The van der Waals surface area contributed by atoms with E-state index in [2.05, 4.69) is 10.6 Å². The highest BCUT2D eigenvalue weighted by molar-refractivity contribution is 5.93. The first-order valence-electron chi connectivity index (χ1n) is 8.43. The number of hydrogen-bond acceptors (Lipinski definition) is 4. The lowest BCUT2D eigenvalue weighted by molar-refractivity contribution is -0.117. The Morgan fingerprint density at radius 3 is 1.18 bits per heavy atom. The van der Waals surface area contributed by atoms with Gasteiger partial charge in [-0.2, -0.15) is 0 Å². The molecule has 2 amide bonds. The molecule has 0 aliphatic rings. The van der Waals surface area contributed by atoms with E-state index in [-0.39, 0.29) is 36.6 Å². The van der Waals surface area contributed by atoms with Crippen molar-refractivity contribution < 1.29 is 9.59 Å². The summed E-state index contributed by atoms with van der Waals surface area (Å²) in [7, 11) is 7.43. The van der Waals surface area contributed by atoms with Crippen LogP contribution < -0.4 is 10.6 Å². The first-order valence-corrected chi connectivity index (χ1v) is 8.43. The highest BCUT2D eigenvalue weighted by atomic mass is 35.5. The summed E-state index contributed by atoms with van der Waals surface area (Å²) >= 11 is 0. The maximum absolute atomic E-state index is 11.8. The van der Waals surface area contributed by atoms with Crippen molar-refractivity contribution >= 4 is 48.0 Å². The average Bonchev–Trinajstić information content (AvgIpc) is 2.54. The third-order valence-electron chi connectivity index (χ3n) is 3.59. The van der Waals surface area contributed by atoms with Gasteiger partial charge in [-0.15, -0.1) is 24.8 Å². The smallest absolute Gasteiger partial charge is 0.238 e. The van der Waals surface area contributed by atoms with E-state index in [1.807, 2.05) is 86.5 Å². The Kier molecular flexibility index (Phi) is 11.4. The van der Waals surface area contributed by atoms with Gasteiger partial charge in [-0.05, 0) is 63.6 Å². The highest BCUT2D eigenvalue weighted by Gasteiger charge is 2.06. The van der Waals surface area contributed by atoms with Gasteiger partial charge >= 0.3 is 0 Å². The zero-order valence-corrected chi connectivity index (χ0v) is 18.2. The maximum atomic E-state index is 11.8. The fraction of sp³-hybridized carbons (Fsp3) is 0.300. The second-order valence-corrected chi connectivity index (χ2v) is 6.73. The fourth-order valence-corrected chi connectivity index (χ4v) is 2.47. The summed E-state index contributed by atoms with van der Waals surface area (Å²) in [4.78, 5) is 27.2. The van der Waals surface area contributed by atoms with Crippen molar-refractivity contribution in [3.63, 3.8) is 0 Å². The van der Waals surface area contributed by atoms with Crippen LogP contribution in [0.5, 0.6) is 0 Å². The summed E-state index contributed by atoms with van der Waals surface area (Å²) < 4.78 is 0. The number of carbonyl (C=O) groups is 2. The second kappa shape index (κ2) is 12.4. The first-order chi connectivity index (χ1) is 12.3. The predicted molar refractivity (Wildman–Crippen MR) is 121 cm³/mol. The lowest BCUT2D eigenvalue weighted by Gasteiger charge is -2.11. The van der Waals surface area contributed by atoms with Crippen LogP contribution in [-0.2, 0) is 9.59 Å². The van der Waals surface area contributed by atoms with Crippen LogP contribution in [0, 0.1) is 0 Å². The second-order valence-electron chi connectivity index (χ2n) is 6.73. The van der Waals surface area contributed by atoms with Crippen LogP contribution in [0.25, 0.3) is 11.1 Å². The molecule has 0 saturated heterocycles. The number of likely N-dealkylation sites (N-methyl/N-ethyl adjacent to an activating group) is 2. The molecule has 0 aliphatic carbocycles. The largest absolute Gasteiger partial charge is 0.325 e. The quantitative estimate of drug-likeness (QED) is 0.713. The minimum Gasteiger partial charge on any atom is -0.325 e. The first kappa shape index (κ1) is 25.9. The van der Waals surface area contributed by atoms with E-state index in [9.17, 15) is 9.59 Å². The molecule has 0 aromatic heterocycles. The number of rotatable bonds is 7. The van der Waals surface area contributed by atoms with Crippen LogP contribution in [0.4, 0.5) is 11.4 Å². The average molecular weight is 427 g/mol. The maximum Gasteiger partial charge on any atom is 0.238 e. The number of hydrogen-bond donors (Lipinski definition) is 2. The molecule has 0 aliphatic heterocycles. The normalized spacial score (nSPS) is 10.1. The van der Waals surface area contributed by atoms with Crippen LogP contribution in [0.15, 0.2) is 48.5 Å². The molecule has 28 heavy (non-hydrogen) atoms. The van der Waals surface area contributed by atoms with Gasteiger partial charge in [-0.25, -0.2) is 0 Å². The standard InChI is InChI=1S/C20H26N4O2.2ClH/c1-23(2)13-19(25)21-17-9-5-15(6-10-17)16-7-11-18(12-8-16)22-20(26)14-24(3)4;;/h5-12H,13-14H2,1-4H3,(H,21,25)(H,22,26);2*1H. The molecule has 0 spiro atoms. The van der Waals surface area contributed by atoms with Crippen LogP contribution >= 0.6 is 24.8 Å². The topological polar surface area (TPSA) is 64.7 Å². The monoisotopic (exact) mass is 426 g/mol. The summed E-state index contributed by atoms with van der Waals surface area (Å²) in [5.74, 6) is -0.0823. The molecule has 0 bridgehead atoms. The Morgan fingerprint density at radius 1 is 0.643 bits per heavy atom. The minimum atomic E-state index is -0.0411. The molecule has 6 nitrogen and oxygen atoms in total. The van der Waals surface area contributed by atoms with Gasteiger partial charge in [-0.3, -0.25) is 9.59 Å². The van der Waals surface area contributed by atoms with E-state index >= 15 is 0 Å². The Balaban J connectivity index is 0.00000364. The molecular formula is C20H28Cl2N4O2. The van der Waals surface area contributed by atoms with Gasteiger partial charge in [0.1, 0.15) is 0 Å². The third-order valence-corrected chi connectivity index (χ3v) is 3.59. The van der Waals surface area contributed by atoms with E-state index in [4.69, 9.17) is 0 Å². The van der Waals surface area contributed by atoms with Crippen molar-refractivity contribution in [3.05, 3.63) is 48.5 Å². The molecule has 0 radical (unpaired) electrons. The zero-order valence-electron chi connectivity index (χ0n) is 16.6. The number of amides is 2. The highest BCUT2D eigenvalue weighted by Crippen LogP contribution is 2.23. The Morgan fingerprint density at radius 2 is 0.929 bits per heavy atom. The summed E-state index contributed by atoms with van der Waals surface area (Å²) in [5, 5.41) is 5.73. The van der Waals surface area contributed by atoms with Gasteiger partial charge in [0.15, 0.2) is 0 Å². The molecule has 154 valence electrons. The van der Waals surface area contributed by atoms with Gasteiger partial charge in [0.05, 0.1) is 13.1 Å². The van der Waals surface area contributed by atoms with Crippen molar-refractivity contribution in [2.24, 2.45) is 0 Å². The molecule has 2 aromatic rings. The van der Waals surface area contributed by atoms with Crippen molar-refractivity contribution in [1.29, 1.82) is 0 Å². The van der Waals surface area contributed by atoms with Crippen LogP contribution in [0.3, 0.4) is 0 Å². The van der Waals surface area contributed by atoms with Crippen LogP contribution in [0.1, 0.15) is 0 Å². The molecule has 0 unspecified atom stereocenters. The number of benzene rings is 2. The van der Waals surface area contributed by atoms with E-state index < -0.39 is 0 Å². The van der Waals surface area contributed by atoms with E-state index in [0.717, 1.165) is 22.5 Å². The number of halogens is 2. The summed E-state index contributed by atoms with van der Waals surface area (Å²) in [6.07, 6.45) is 0. The van der Waals surface area contributed by atoms with Crippen molar-refractivity contribution in [3.8, 4) is 11.1 Å². The third kappa shape index (κ3) is 8.71. The van der Waals surface area contributed by atoms with Crippen molar-refractivity contribution in [1.82, 2.24) is 9.80 Å². The molecule has 2 N–H and O–H groups in total. The molecule has 0 atom stereocenters. The summed E-state index contributed by atoms with van der Waals surface area (Å²) in [5.41, 5.74) is 3.63. The Labute approximate surface area is 179 Å². The molecule has 0 heterocycles.